The van der Waals surface area contributed by atoms with Crippen molar-refractivity contribution < 1.29 is 9.59 Å². The van der Waals surface area contributed by atoms with E-state index in [9.17, 15) is 9.59 Å². The van der Waals surface area contributed by atoms with Crippen molar-refractivity contribution in [3.63, 3.8) is 0 Å². The molecule has 0 saturated heterocycles. The van der Waals surface area contributed by atoms with Crippen molar-refractivity contribution in [3.8, 4) is 0 Å². The van der Waals surface area contributed by atoms with Crippen LogP contribution in [0.4, 0.5) is 5.82 Å². The lowest BCUT2D eigenvalue weighted by atomic mass is 9.86. The fraction of sp³-hybridized carbons (Fsp3) is 0.231. The standard InChI is InChI=1S/C13H13N5O2/c1-14-13(20)11-10-8(7-3-2-4-15-6-7)5-9(19)16-12(10)18-17-11/h2-4,6,8H,5H2,1H3,(H,14,20)(H2,16,17,18,19). The largest absolute Gasteiger partial charge is 0.354 e. The Morgan fingerprint density at radius 1 is 1.50 bits per heavy atom. The summed E-state index contributed by atoms with van der Waals surface area (Å²) in [6, 6.07) is 3.70. The third kappa shape index (κ3) is 1.93. The number of aromatic nitrogens is 3. The molecule has 0 aliphatic carbocycles. The topological polar surface area (TPSA) is 99.8 Å². The van der Waals surface area contributed by atoms with E-state index in [0.29, 0.717) is 17.1 Å². The second kappa shape index (κ2) is 4.76. The van der Waals surface area contributed by atoms with Gasteiger partial charge in [0.1, 0.15) is 5.69 Å². The molecule has 0 spiro atoms. The van der Waals surface area contributed by atoms with Crippen LogP contribution >= 0.6 is 0 Å². The Labute approximate surface area is 114 Å². The summed E-state index contributed by atoms with van der Waals surface area (Å²) in [7, 11) is 1.55. The van der Waals surface area contributed by atoms with Gasteiger partial charge in [-0.25, -0.2) is 0 Å². The first-order chi connectivity index (χ1) is 9.70. The number of amides is 2. The average molecular weight is 271 g/mol. The summed E-state index contributed by atoms with van der Waals surface area (Å²) in [5.74, 6) is -0.197. The molecular weight excluding hydrogens is 258 g/mol. The molecule has 102 valence electrons. The average Bonchev–Trinajstić information content (AvgIpc) is 2.90. The van der Waals surface area contributed by atoms with Gasteiger partial charge in [0.05, 0.1) is 0 Å². The Morgan fingerprint density at radius 3 is 3.05 bits per heavy atom. The maximum absolute atomic E-state index is 11.9. The van der Waals surface area contributed by atoms with E-state index in [1.54, 1.807) is 25.5 Å². The SMILES string of the molecule is CNC(=O)c1[nH]nc2c1C(c1cccnc1)CC(=O)N2. The fourth-order valence-electron chi connectivity index (χ4n) is 2.42. The highest BCUT2D eigenvalue weighted by molar-refractivity contribution is 6.00. The van der Waals surface area contributed by atoms with Crippen LogP contribution in [0, 0.1) is 0 Å². The molecule has 2 aromatic heterocycles. The lowest BCUT2D eigenvalue weighted by Gasteiger charge is -2.22. The van der Waals surface area contributed by atoms with Gasteiger partial charge in [0.15, 0.2) is 5.82 Å². The first-order valence-electron chi connectivity index (χ1n) is 6.21. The zero-order valence-corrected chi connectivity index (χ0v) is 10.8. The highest BCUT2D eigenvalue weighted by Crippen LogP contribution is 2.37. The van der Waals surface area contributed by atoms with Crippen LogP contribution in [-0.2, 0) is 4.79 Å². The van der Waals surface area contributed by atoms with E-state index in [1.807, 2.05) is 6.07 Å². The fourth-order valence-corrected chi connectivity index (χ4v) is 2.42. The number of hydrogen-bond donors (Lipinski definition) is 3. The van der Waals surface area contributed by atoms with E-state index in [4.69, 9.17) is 0 Å². The molecule has 1 atom stereocenters. The number of anilines is 1. The summed E-state index contributed by atoms with van der Waals surface area (Å²) in [6.45, 7) is 0. The van der Waals surface area contributed by atoms with Crippen molar-refractivity contribution in [1.82, 2.24) is 20.5 Å². The van der Waals surface area contributed by atoms with E-state index in [0.717, 1.165) is 5.56 Å². The second-order valence-corrected chi connectivity index (χ2v) is 4.53. The van der Waals surface area contributed by atoms with Gasteiger partial charge < -0.3 is 10.6 Å². The molecule has 2 amide bonds. The van der Waals surface area contributed by atoms with Gasteiger partial charge in [0, 0.05) is 37.3 Å². The molecule has 0 fully saturated rings. The molecule has 1 unspecified atom stereocenters. The maximum Gasteiger partial charge on any atom is 0.269 e. The summed E-state index contributed by atoms with van der Waals surface area (Å²) < 4.78 is 0. The third-order valence-corrected chi connectivity index (χ3v) is 3.34. The number of carbonyl (C=O) groups is 2. The molecule has 1 aliphatic heterocycles. The molecule has 1 aliphatic rings. The van der Waals surface area contributed by atoms with Crippen molar-refractivity contribution in [2.75, 3.05) is 12.4 Å². The van der Waals surface area contributed by atoms with Crippen molar-refractivity contribution in [2.45, 2.75) is 12.3 Å². The number of carbonyl (C=O) groups excluding carboxylic acids is 2. The summed E-state index contributed by atoms with van der Waals surface area (Å²) in [5.41, 5.74) is 1.96. The van der Waals surface area contributed by atoms with E-state index in [2.05, 4.69) is 25.8 Å². The Balaban J connectivity index is 2.13. The number of nitrogens with one attached hydrogen (secondary N) is 3. The third-order valence-electron chi connectivity index (χ3n) is 3.34. The number of aromatic amines is 1. The van der Waals surface area contributed by atoms with Crippen LogP contribution in [0.5, 0.6) is 0 Å². The zero-order chi connectivity index (χ0) is 14.1. The number of H-pyrrole nitrogens is 1. The molecule has 0 saturated carbocycles. The number of rotatable bonds is 2. The summed E-state index contributed by atoms with van der Waals surface area (Å²) in [6.07, 6.45) is 3.64. The van der Waals surface area contributed by atoms with Crippen LogP contribution in [0.25, 0.3) is 0 Å². The molecule has 20 heavy (non-hydrogen) atoms. The van der Waals surface area contributed by atoms with Gasteiger partial charge in [-0.3, -0.25) is 19.7 Å². The van der Waals surface area contributed by atoms with Crippen LogP contribution in [-0.4, -0.2) is 34.0 Å². The minimum absolute atomic E-state index is 0.124. The number of fused-ring (bicyclic) bond motifs is 1. The predicted molar refractivity (Wildman–Crippen MR) is 71.3 cm³/mol. The van der Waals surface area contributed by atoms with Gasteiger partial charge in [-0.15, -0.1) is 0 Å². The first kappa shape index (κ1) is 12.3. The molecule has 0 aromatic carbocycles. The van der Waals surface area contributed by atoms with Crippen LogP contribution < -0.4 is 10.6 Å². The van der Waals surface area contributed by atoms with Gasteiger partial charge >= 0.3 is 0 Å². The van der Waals surface area contributed by atoms with Crippen LogP contribution in [0.1, 0.15) is 34.0 Å². The minimum Gasteiger partial charge on any atom is -0.354 e. The monoisotopic (exact) mass is 271 g/mol. The Hall–Kier alpha value is -2.70. The summed E-state index contributed by atoms with van der Waals surface area (Å²) >= 11 is 0. The van der Waals surface area contributed by atoms with Gasteiger partial charge in [-0.1, -0.05) is 6.07 Å². The maximum atomic E-state index is 11.9. The molecule has 7 nitrogen and oxygen atoms in total. The summed E-state index contributed by atoms with van der Waals surface area (Å²) in [4.78, 5) is 27.7. The lowest BCUT2D eigenvalue weighted by molar-refractivity contribution is -0.116. The van der Waals surface area contributed by atoms with Crippen molar-refractivity contribution >= 4 is 17.6 Å². The highest BCUT2D eigenvalue weighted by Gasteiger charge is 2.33. The van der Waals surface area contributed by atoms with Crippen molar-refractivity contribution in [2.24, 2.45) is 0 Å². The van der Waals surface area contributed by atoms with Crippen molar-refractivity contribution in [3.05, 3.63) is 41.3 Å². The number of pyridine rings is 1. The highest BCUT2D eigenvalue weighted by atomic mass is 16.2. The molecule has 0 radical (unpaired) electrons. The smallest absolute Gasteiger partial charge is 0.269 e. The lowest BCUT2D eigenvalue weighted by Crippen LogP contribution is -2.26. The Bertz CT molecular complexity index is 665. The zero-order valence-electron chi connectivity index (χ0n) is 10.8. The summed E-state index contributed by atoms with van der Waals surface area (Å²) in [5, 5.41) is 11.9. The molecular formula is C13H13N5O2. The van der Waals surface area contributed by atoms with Crippen molar-refractivity contribution in [1.29, 1.82) is 0 Å². The van der Waals surface area contributed by atoms with Gasteiger partial charge in [0.2, 0.25) is 5.91 Å². The van der Waals surface area contributed by atoms with Gasteiger partial charge in [-0.2, -0.15) is 5.10 Å². The van der Waals surface area contributed by atoms with E-state index in [-0.39, 0.29) is 24.2 Å². The van der Waals surface area contributed by atoms with E-state index < -0.39 is 0 Å². The molecule has 7 heteroatoms. The molecule has 3 N–H and O–H groups in total. The minimum atomic E-state index is -0.260. The van der Waals surface area contributed by atoms with E-state index in [1.165, 1.54) is 0 Å². The molecule has 0 bridgehead atoms. The Morgan fingerprint density at radius 2 is 2.35 bits per heavy atom. The van der Waals surface area contributed by atoms with E-state index >= 15 is 0 Å². The number of nitrogens with zero attached hydrogens (tertiary/aromatic N) is 2. The van der Waals surface area contributed by atoms with Gasteiger partial charge in [0.25, 0.3) is 5.91 Å². The van der Waals surface area contributed by atoms with Crippen LogP contribution in [0.2, 0.25) is 0 Å². The Kier molecular flexibility index (Phi) is 2.94. The quantitative estimate of drug-likeness (QED) is 0.746. The number of hydrogen-bond acceptors (Lipinski definition) is 4. The molecule has 2 aromatic rings. The first-order valence-corrected chi connectivity index (χ1v) is 6.21. The molecule has 3 heterocycles. The normalized spacial score (nSPS) is 17.2. The van der Waals surface area contributed by atoms with Crippen LogP contribution in [0.3, 0.4) is 0 Å². The predicted octanol–water partition coefficient (Wildman–Crippen LogP) is 0.638. The van der Waals surface area contributed by atoms with Gasteiger partial charge in [-0.05, 0) is 11.6 Å². The second-order valence-electron chi connectivity index (χ2n) is 4.53. The molecule has 3 rings (SSSR count). The van der Waals surface area contributed by atoms with Crippen LogP contribution in [0.15, 0.2) is 24.5 Å².